The van der Waals surface area contributed by atoms with Crippen molar-refractivity contribution in [2.45, 2.75) is 40.2 Å². The second-order valence-electron chi connectivity index (χ2n) is 6.01. The molecule has 1 aromatic rings. The summed E-state index contributed by atoms with van der Waals surface area (Å²) in [5.74, 6) is 0. The highest BCUT2D eigenvalue weighted by Crippen LogP contribution is 2.26. The molecule has 0 aliphatic rings. The Bertz CT molecular complexity index is 452. The van der Waals surface area contributed by atoms with Crippen LogP contribution in [0.1, 0.15) is 32.8 Å². The maximum atomic E-state index is 10.8. The molecule has 5 heteroatoms. The van der Waals surface area contributed by atoms with Crippen LogP contribution >= 0.6 is 0 Å². The van der Waals surface area contributed by atoms with Gasteiger partial charge in [0, 0.05) is 23.9 Å². The number of anilines is 1. The van der Waals surface area contributed by atoms with E-state index in [2.05, 4.69) is 26.1 Å². The number of rotatable bonds is 5. The quantitative estimate of drug-likeness (QED) is 0.634. The second kappa shape index (κ2) is 6.02. The van der Waals surface area contributed by atoms with E-state index in [4.69, 9.17) is 0 Å². The number of benzene rings is 1. The average Bonchev–Trinajstić information content (AvgIpc) is 2.24. The Labute approximate surface area is 113 Å². The highest BCUT2D eigenvalue weighted by atomic mass is 16.6. The normalized spacial score (nSPS) is 13.1. The van der Waals surface area contributed by atoms with Crippen molar-refractivity contribution >= 4 is 11.4 Å². The number of nitrogens with one attached hydrogen (secondary N) is 1. The van der Waals surface area contributed by atoms with E-state index in [1.165, 1.54) is 6.07 Å². The lowest BCUT2D eigenvalue weighted by Gasteiger charge is -2.23. The van der Waals surface area contributed by atoms with E-state index in [9.17, 15) is 15.2 Å². The fourth-order valence-electron chi connectivity index (χ4n) is 2.02. The van der Waals surface area contributed by atoms with Crippen LogP contribution < -0.4 is 5.32 Å². The summed E-state index contributed by atoms with van der Waals surface area (Å²) >= 11 is 0. The van der Waals surface area contributed by atoms with Crippen LogP contribution in [0.2, 0.25) is 0 Å². The first-order valence-corrected chi connectivity index (χ1v) is 6.36. The molecule has 0 radical (unpaired) electrons. The van der Waals surface area contributed by atoms with E-state index in [0.29, 0.717) is 24.2 Å². The molecule has 0 aromatic heterocycles. The summed E-state index contributed by atoms with van der Waals surface area (Å²) in [5.41, 5.74) is 1.44. The fourth-order valence-corrected chi connectivity index (χ4v) is 2.02. The molecule has 1 unspecified atom stereocenters. The topological polar surface area (TPSA) is 75.4 Å². The van der Waals surface area contributed by atoms with Gasteiger partial charge in [-0.3, -0.25) is 10.1 Å². The van der Waals surface area contributed by atoms with Crippen molar-refractivity contribution in [2.75, 3.05) is 11.9 Å². The summed E-state index contributed by atoms with van der Waals surface area (Å²) in [6.07, 6.45) is 0.201. The van der Waals surface area contributed by atoms with Gasteiger partial charge in [-0.05, 0) is 24.8 Å². The zero-order valence-electron chi connectivity index (χ0n) is 11.9. The van der Waals surface area contributed by atoms with Gasteiger partial charge in [0.05, 0.1) is 11.0 Å². The molecule has 1 rings (SSSR count). The van der Waals surface area contributed by atoms with Crippen molar-refractivity contribution in [3.05, 3.63) is 33.9 Å². The SMILES string of the molecule is Cc1c(NCC(O)CC(C)(C)C)cccc1[N+](=O)[O-]. The number of aliphatic hydroxyl groups is 1. The Kier molecular flexibility index (Phi) is 4.89. The van der Waals surface area contributed by atoms with Gasteiger partial charge in [-0.15, -0.1) is 0 Å². The first kappa shape index (κ1) is 15.4. The number of nitro benzene ring substituents is 1. The summed E-state index contributed by atoms with van der Waals surface area (Å²) in [4.78, 5) is 10.4. The molecule has 1 aromatic carbocycles. The van der Waals surface area contributed by atoms with Crippen LogP contribution in [0, 0.1) is 22.5 Å². The van der Waals surface area contributed by atoms with Crippen molar-refractivity contribution in [3.8, 4) is 0 Å². The molecule has 0 heterocycles. The van der Waals surface area contributed by atoms with Gasteiger partial charge in [0.1, 0.15) is 0 Å². The maximum absolute atomic E-state index is 10.8. The van der Waals surface area contributed by atoms with Crippen molar-refractivity contribution in [2.24, 2.45) is 5.41 Å². The van der Waals surface area contributed by atoms with Gasteiger partial charge in [0.15, 0.2) is 0 Å². The van der Waals surface area contributed by atoms with E-state index in [1.807, 2.05) is 0 Å². The van der Waals surface area contributed by atoms with Crippen molar-refractivity contribution < 1.29 is 10.0 Å². The third-order valence-electron chi connectivity index (χ3n) is 2.88. The maximum Gasteiger partial charge on any atom is 0.274 e. The van der Waals surface area contributed by atoms with Gasteiger partial charge in [0.2, 0.25) is 0 Å². The monoisotopic (exact) mass is 266 g/mol. The molecular formula is C14H22N2O3. The number of aliphatic hydroxyl groups excluding tert-OH is 1. The van der Waals surface area contributed by atoms with Gasteiger partial charge in [-0.1, -0.05) is 26.8 Å². The molecule has 1 atom stereocenters. The van der Waals surface area contributed by atoms with Gasteiger partial charge in [0.25, 0.3) is 5.69 Å². The highest BCUT2D eigenvalue weighted by molar-refractivity contribution is 5.59. The number of nitro groups is 1. The van der Waals surface area contributed by atoms with Gasteiger partial charge in [-0.2, -0.15) is 0 Å². The third-order valence-corrected chi connectivity index (χ3v) is 2.88. The zero-order valence-corrected chi connectivity index (χ0v) is 11.9. The lowest BCUT2D eigenvalue weighted by atomic mass is 9.89. The molecular weight excluding hydrogens is 244 g/mol. The molecule has 0 saturated carbocycles. The fraction of sp³-hybridized carbons (Fsp3) is 0.571. The molecule has 0 bridgehead atoms. The lowest BCUT2D eigenvalue weighted by molar-refractivity contribution is -0.385. The summed E-state index contributed by atoms with van der Waals surface area (Å²) in [6.45, 7) is 8.29. The Morgan fingerprint density at radius 1 is 1.42 bits per heavy atom. The van der Waals surface area contributed by atoms with Crippen LogP contribution in [-0.4, -0.2) is 22.7 Å². The number of nitrogens with zero attached hydrogens (tertiary/aromatic N) is 1. The van der Waals surface area contributed by atoms with Gasteiger partial charge in [-0.25, -0.2) is 0 Å². The van der Waals surface area contributed by atoms with Crippen LogP contribution in [0.5, 0.6) is 0 Å². The smallest absolute Gasteiger partial charge is 0.274 e. The first-order valence-electron chi connectivity index (χ1n) is 6.36. The minimum Gasteiger partial charge on any atom is -0.391 e. The Hall–Kier alpha value is -1.62. The van der Waals surface area contributed by atoms with E-state index in [-0.39, 0.29) is 11.1 Å². The second-order valence-corrected chi connectivity index (χ2v) is 6.01. The molecule has 2 N–H and O–H groups in total. The largest absolute Gasteiger partial charge is 0.391 e. The molecule has 0 saturated heterocycles. The summed E-state index contributed by atoms with van der Waals surface area (Å²) in [6, 6.07) is 4.90. The van der Waals surface area contributed by atoms with E-state index in [1.54, 1.807) is 19.1 Å². The van der Waals surface area contributed by atoms with Crippen LogP contribution in [0.3, 0.4) is 0 Å². The minimum atomic E-state index is -0.473. The van der Waals surface area contributed by atoms with Crippen molar-refractivity contribution in [3.63, 3.8) is 0 Å². The van der Waals surface area contributed by atoms with Crippen LogP contribution in [0.4, 0.5) is 11.4 Å². The Morgan fingerprint density at radius 2 is 2.05 bits per heavy atom. The van der Waals surface area contributed by atoms with Crippen molar-refractivity contribution in [1.82, 2.24) is 0 Å². The summed E-state index contributed by atoms with van der Waals surface area (Å²) in [5, 5.41) is 23.8. The summed E-state index contributed by atoms with van der Waals surface area (Å²) in [7, 11) is 0. The van der Waals surface area contributed by atoms with Crippen LogP contribution in [0.15, 0.2) is 18.2 Å². The van der Waals surface area contributed by atoms with Gasteiger partial charge >= 0.3 is 0 Å². The minimum absolute atomic E-state index is 0.0544. The molecule has 0 amide bonds. The highest BCUT2D eigenvalue weighted by Gasteiger charge is 2.18. The van der Waals surface area contributed by atoms with E-state index < -0.39 is 11.0 Å². The molecule has 0 aliphatic heterocycles. The molecule has 0 fully saturated rings. The lowest BCUT2D eigenvalue weighted by Crippen LogP contribution is -2.25. The van der Waals surface area contributed by atoms with Gasteiger partial charge < -0.3 is 10.4 Å². The Balaban J connectivity index is 2.68. The molecule has 0 spiro atoms. The molecule has 5 nitrogen and oxygen atoms in total. The standard InChI is InChI=1S/C14H22N2O3/c1-10-12(6-5-7-13(10)16(18)19)15-9-11(17)8-14(2,3)4/h5-7,11,15,17H,8-9H2,1-4H3. The predicted molar refractivity (Wildman–Crippen MR) is 76.4 cm³/mol. The van der Waals surface area contributed by atoms with E-state index >= 15 is 0 Å². The molecule has 19 heavy (non-hydrogen) atoms. The van der Waals surface area contributed by atoms with Crippen molar-refractivity contribution in [1.29, 1.82) is 0 Å². The first-order chi connectivity index (χ1) is 8.70. The number of hydrogen-bond donors (Lipinski definition) is 2. The Morgan fingerprint density at radius 3 is 2.58 bits per heavy atom. The molecule has 106 valence electrons. The number of hydrogen-bond acceptors (Lipinski definition) is 4. The summed E-state index contributed by atoms with van der Waals surface area (Å²) < 4.78 is 0. The zero-order chi connectivity index (χ0) is 14.6. The van der Waals surface area contributed by atoms with Crippen LogP contribution in [-0.2, 0) is 0 Å². The van der Waals surface area contributed by atoms with E-state index in [0.717, 1.165) is 0 Å². The molecule has 0 aliphatic carbocycles. The third kappa shape index (κ3) is 4.87. The average molecular weight is 266 g/mol. The van der Waals surface area contributed by atoms with Crippen LogP contribution in [0.25, 0.3) is 0 Å². The predicted octanol–water partition coefficient (Wildman–Crippen LogP) is 3.11.